The van der Waals surface area contributed by atoms with Gasteiger partial charge < -0.3 is 10.1 Å². The highest BCUT2D eigenvalue weighted by molar-refractivity contribution is 6.00. The lowest BCUT2D eigenvalue weighted by Crippen LogP contribution is -2.33. The summed E-state index contributed by atoms with van der Waals surface area (Å²) < 4.78 is 46.6. The second-order valence-electron chi connectivity index (χ2n) is 8.34. The molecule has 2 aliphatic rings. The molecule has 0 radical (unpaired) electrons. The van der Waals surface area contributed by atoms with Crippen LogP contribution in [0.3, 0.4) is 0 Å². The molecular weight excluding hydrogens is 433 g/mol. The van der Waals surface area contributed by atoms with Crippen molar-refractivity contribution in [3.63, 3.8) is 0 Å². The fourth-order valence-electron chi connectivity index (χ4n) is 4.59. The Labute approximate surface area is 188 Å². The fraction of sp³-hybridized carbons (Fsp3) is 0.292. The number of hydrogen-bond donors (Lipinski definition) is 1. The lowest BCUT2D eigenvalue weighted by atomic mass is 9.78. The summed E-state index contributed by atoms with van der Waals surface area (Å²) in [6, 6.07) is 14.1. The maximum absolute atomic E-state index is 13.4. The van der Waals surface area contributed by atoms with Crippen molar-refractivity contribution in [3.8, 4) is 5.75 Å². The number of aromatic nitrogens is 3. The maximum atomic E-state index is 13.4. The SMILES string of the molecule is COc1ccc([C@H]2CC(=O)C3=C(C2)Nc2nc(C(F)(F)F)nn2[C@H]3c2cccc(C)c2)cc1. The molecule has 1 aliphatic heterocycles. The number of allylic oxidation sites excluding steroid dienone is 2. The molecule has 2 aromatic carbocycles. The molecule has 6 nitrogen and oxygen atoms in total. The zero-order valence-corrected chi connectivity index (χ0v) is 18.0. The number of rotatable bonds is 3. The minimum Gasteiger partial charge on any atom is -0.497 e. The third-order valence-electron chi connectivity index (χ3n) is 6.12. The van der Waals surface area contributed by atoms with Crippen molar-refractivity contribution in [2.24, 2.45) is 0 Å². The lowest BCUT2D eigenvalue weighted by molar-refractivity contribution is -0.145. The molecular formula is C24H21F3N4O2. The molecule has 1 aromatic heterocycles. The number of nitrogens with zero attached hydrogens (tertiary/aromatic N) is 3. The van der Waals surface area contributed by atoms with Crippen LogP contribution in [0.2, 0.25) is 0 Å². The third kappa shape index (κ3) is 3.77. The summed E-state index contributed by atoms with van der Waals surface area (Å²) in [5, 5.41) is 6.73. The van der Waals surface area contributed by atoms with Gasteiger partial charge in [0.15, 0.2) is 5.78 Å². The summed E-state index contributed by atoms with van der Waals surface area (Å²) >= 11 is 0. The molecule has 0 bridgehead atoms. The van der Waals surface area contributed by atoms with E-state index in [0.29, 0.717) is 29.0 Å². The van der Waals surface area contributed by atoms with Crippen LogP contribution in [0.5, 0.6) is 5.75 Å². The summed E-state index contributed by atoms with van der Waals surface area (Å²) in [6.07, 6.45) is -3.96. The minimum atomic E-state index is -4.70. The second kappa shape index (κ2) is 7.75. The van der Waals surface area contributed by atoms with Gasteiger partial charge in [-0.3, -0.25) is 4.79 Å². The Hall–Kier alpha value is -3.62. The van der Waals surface area contributed by atoms with Crippen LogP contribution < -0.4 is 10.1 Å². The van der Waals surface area contributed by atoms with Gasteiger partial charge in [0, 0.05) is 17.7 Å². The van der Waals surface area contributed by atoms with E-state index in [4.69, 9.17) is 4.74 Å². The molecule has 0 spiro atoms. The largest absolute Gasteiger partial charge is 0.497 e. The van der Waals surface area contributed by atoms with Crippen LogP contribution >= 0.6 is 0 Å². The molecule has 0 saturated heterocycles. The number of ketones is 1. The number of carbonyl (C=O) groups is 1. The Kier molecular flexibility index (Phi) is 4.99. The van der Waals surface area contributed by atoms with Crippen LogP contribution in [-0.2, 0) is 11.0 Å². The standard InChI is InChI=1S/C24H21F3N4O2/c1-13-4-3-5-15(10-13)21-20-18(28-23-29-22(24(25,26)27)30-31(21)23)11-16(12-19(20)32)14-6-8-17(33-2)9-7-14/h3-10,16,21H,11-12H2,1-2H3,(H,28,29,30)/t16-,21+/m1/s1. The van der Waals surface area contributed by atoms with Crippen LogP contribution in [-0.4, -0.2) is 27.7 Å². The average Bonchev–Trinajstić information content (AvgIpc) is 3.22. The van der Waals surface area contributed by atoms with Crippen molar-refractivity contribution in [1.82, 2.24) is 14.8 Å². The molecule has 2 atom stereocenters. The first kappa shape index (κ1) is 21.2. The van der Waals surface area contributed by atoms with Gasteiger partial charge in [-0.1, -0.05) is 42.0 Å². The number of ether oxygens (including phenoxy) is 1. The van der Waals surface area contributed by atoms with Crippen molar-refractivity contribution in [2.45, 2.75) is 37.9 Å². The topological polar surface area (TPSA) is 69.0 Å². The first-order chi connectivity index (χ1) is 15.7. The Balaban J connectivity index is 1.60. The number of Topliss-reactive ketones (excluding diaryl/α,β-unsaturated/α-hetero) is 1. The maximum Gasteiger partial charge on any atom is 0.453 e. The number of halogens is 3. The van der Waals surface area contributed by atoms with Crippen LogP contribution in [0.1, 0.15) is 47.3 Å². The average molecular weight is 454 g/mol. The van der Waals surface area contributed by atoms with Gasteiger partial charge in [-0.2, -0.15) is 18.2 Å². The van der Waals surface area contributed by atoms with Crippen molar-refractivity contribution in [1.29, 1.82) is 0 Å². The van der Waals surface area contributed by atoms with E-state index in [-0.39, 0.29) is 24.1 Å². The molecule has 2 heterocycles. The van der Waals surface area contributed by atoms with Crippen molar-refractivity contribution < 1.29 is 22.7 Å². The third-order valence-corrected chi connectivity index (χ3v) is 6.12. The van der Waals surface area contributed by atoms with Gasteiger partial charge in [0.05, 0.1) is 7.11 Å². The Morgan fingerprint density at radius 2 is 1.85 bits per heavy atom. The van der Waals surface area contributed by atoms with Crippen LogP contribution in [0.25, 0.3) is 0 Å². The zero-order valence-electron chi connectivity index (χ0n) is 18.0. The number of methoxy groups -OCH3 is 1. The van der Waals surface area contributed by atoms with Crippen LogP contribution in [0.15, 0.2) is 59.8 Å². The van der Waals surface area contributed by atoms with E-state index in [1.807, 2.05) is 49.4 Å². The van der Waals surface area contributed by atoms with Crippen molar-refractivity contribution >= 4 is 11.7 Å². The highest BCUT2D eigenvalue weighted by atomic mass is 19.4. The van der Waals surface area contributed by atoms with E-state index >= 15 is 0 Å². The number of hydrogen-bond acceptors (Lipinski definition) is 5. The molecule has 0 fully saturated rings. The van der Waals surface area contributed by atoms with Gasteiger partial charge >= 0.3 is 6.18 Å². The van der Waals surface area contributed by atoms with Gasteiger partial charge in [-0.25, -0.2) is 4.68 Å². The number of nitrogens with one attached hydrogen (secondary N) is 1. The molecule has 3 aromatic rings. The normalized spacial score (nSPS) is 20.2. The van der Waals surface area contributed by atoms with Crippen LogP contribution in [0, 0.1) is 6.92 Å². The second-order valence-corrected chi connectivity index (χ2v) is 8.34. The van der Waals surface area contributed by atoms with Gasteiger partial charge in [0.2, 0.25) is 5.95 Å². The Bertz CT molecular complexity index is 1260. The Morgan fingerprint density at radius 3 is 2.52 bits per heavy atom. The molecule has 0 unspecified atom stereocenters. The Morgan fingerprint density at radius 1 is 1.09 bits per heavy atom. The summed E-state index contributed by atoms with van der Waals surface area (Å²) in [4.78, 5) is 17.1. The molecule has 5 rings (SSSR count). The highest BCUT2D eigenvalue weighted by Crippen LogP contribution is 2.45. The number of alkyl halides is 3. The molecule has 1 aliphatic carbocycles. The molecule has 33 heavy (non-hydrogen) atoms. The molecule has 1 N–H and O–H groups in total. The van der Waals surface area contributed by atoms with E-state index in [9.17, 15) is 18.0 Å². The van der Waals surface area contributed by atoms with E-state index in [0.717, 1.165) is 11.1 Å². The number of fused-ring (bicyclic) bond motifs is 1. The summed E-state index contributed by atoms with van der Waals surface area (Å²) in [6.45, 7) is 1.89. The number of carbonyl (C=O) groups excluding carboxylic acids is 1. The summed E-state index contributed by atoms with van der Waals surface area (Å²) in [7, 11) is 1.58. The molecule has 0 saturated carbocycles. The van der Waals surface area contributed by atoms with Crippen LogP contribution in [0.4, 0.5) is 19.1 Å². The lowest BCUT2D eigenvalue weighted by Gasteiger charge is -2.35. The van der Waals surface area contributed by atoms with E-state index < -0.39 is 18.0 Å². The van der Waals surface area contributed by atoms with E-state index in [1.165, 1.54) is 4.68 Å². The van der Waals surface area contributed by atoms with Gasteiger partial charge in [-0.05, 0) is 42.5 Å². The molecule has 9 heteroatoms. The van der Waals surface area contributed by atoms with Crippen molar-refractivity contribution in [2.75, 3.05) is 12.4 Å². The fourth-order valence-corrected chi connectivity index (χ4v) is 4.59. The van der Waals surface area contributed by atoms with Gasteiger partial charge in [0.25, 0.3) is 5.82 Å². The number of benzene rings is 2. The summed E-state index contributed by atoms with van der Waals surface area (Å²) in [5.74, 6) is -0.767. The monoisotopic (exact) mass is 454 g/mol. The number of aryl methyl sites for hydroxylation is 1. The quantitative estimate of drug-likeness (QED) is 0.601. The van der Waals surface area contributed by atoms with E-state index in [2.05, 4.69) is 15.4 Å². The highest BCUT2D eigenvalue weighted by Gasteiger charge is 2.43. The van der Waals surface area contributed by atoms with E-state index in [1.54, 1.807) is 13.2 Å². The first-order valence-corrected chi connectivity index (χ1v) is 10.5. The molecule has 0 amide bonds. The van der Waals surface area contributed by atoms with Crippen molar-refractivity contribution in [3.05, 3.63) is 82.3 Å². The molecule has 170 valence electrons. The smallest absolute Gasteiger partial charge is 0.453 e. The number of anilines is 1. The predicted octanol–water partition coefficient (Wildman–Crippen LogP) is 5.03. The first-order valence-electron chi connectivity index (χ1n) is 10.5. The zero-order chi connectivity index (χ0) is 23.3. The predicted molar refractivity (Wildman–Crippen MR) is 115 cm³/mol. The summed E-state index contributed by atoms with van der Waals surface area (Å²) in [5.41, 5.74) is 3.63. The minimum absolute atomic E-state index is 0.0178. The van der Waals surface area contributed by atoms with Gasteiger partial charge in [0.1, 0.15) is 11.8 Å². The van der Waals surface area contributed by atoms with Gasteiger partial charge in [-0.15, -0.1) is 5.10 Å².